The largest absolute Gasteiger partial charge is 0.237 e. The smallest absolute Gasteiger partial charge is 0.159 e. The van der Waals surface area contributed by atoms with Crippen molar-refractivity contribution < 1.29 is 0 Å². The standard InChI is InChI=1S/C54H40N2Si/c1-57(2)50-25-10-9-24-49(50)51-52(42-32-30-41(31-33-42)40-28-26-39(27-29-40)37-14-5-3-6-15-37)55-53(56-54(51)57)48-23-13-22-47(36-48)46-21-12-20-45(35-46)44-19-11-18-43(34-44)38-16-7-4-8-17-38/h3-36H,1-2H3. The van der Waals surface area contributed by atoms with E-state index in [0.29, 0.717) is 0 Å². The van der Waals surface area contributed by atoms with Gasteiger partial charge < -0.3 is 0 Å². The van der Waals surface area contributed by atoms with Crippen molar-refractivity contribution in [3.63, 3.8) is 0 Å². The molecule has 10 rings (SSSR count). The highest BCUT2D eigenvalue weighted by molar-refractivity contribution is 7.03. The summed E-state index contributed by atoms with van der Waals surface area (Å²) < 4.78 is 0. The zero-order chi connectivity index (χ0) is 38.3. The van der Waals surface area contributed by atoms with Gasteiger partial charge in [0.1, 0.15) is 8.07 Å². The van der Waals surface area contributed by atoms with E-state index in [1.165, 1.54) is 66.1 Å². The maximum absolute atomic E-state index is 5.46. The molecule has 2 nitrogen and oxygen atoms in total. The van der Waals surface area contributed by atoms with Gasteiger partial charge in [-0.1, -0.05) is 201 Å². The monoisotopic (exact) mass is 744 g/mol. The number of hydrogen-bond acceptors (Lipinski definition) is 2. The molecule has 0 bridgehead atoms. The topological polar surface area (TPSA) is 25.8 Å². The van der Waals surface area contributed by atoms with Crippen molar-refractivity contribution in [2.75, 3.05) is 0 Å². The van der Waals surface area contributed by atoms with Crippen LogP contribution in [0.25, 0.3) is 89.4 Å². The Morgan fingerprint density at radius 2 is 0.684 bits per heavy atom. The zero-order valence-electron chi connectivity index (χ0n) is 32.0. The first kappa shape index (κ1) is 34.5. The van der Waals surface area contributed by atoms with Gasteiger partial charge in [0.05, 0.1) is 5.69 Å². The summed E-state index contributed by atoms with van der Waals surface area (Å²) in [5, 5.41) is 2.62. The van der Waals surface area contributed by atoms with Crippen LogP contribution in [0.4, 0.5) is 0 Å². The van der Waals surface area contributed by atoms with Crippen molar-refractivity contribution in [1.82, 2.24) is 9.97 Å². The second kappa shape index (κ2) is 14.3. The lowest BCUT2D eigenvalue weighted by Gasteiger charge is -2.19. The normalized spacial score (nSPS) is 12.5. The van der Waals surface area contributed by atoms with Crippen molar-refractivity contribution >= 4 is 18.6 Å². The molecular weight excluding hydrogens is 705 g/mol. The first-order valence-electron chi connectivity index (χ1n) is 19.6. The molecule has 0 aliphatic carbocycles. The van der Waals surface area contributed by atoms with Gasteiger partial charge in [-0.25, -0.2) is 9.97 Å². The van der Waals surface area contributed by atoms with E-state index in [9.17, 15) is 0 Å². The fraction of sp³-hybridized carbons (Fsp3) is 0.0370. The Morgan fingerprint density at radius 3 is 1.21 bits per heavy atom. The Hall–Kier alpha value is -6.94. The van der Waals surface area contributed by atoms with Crippen molar-refractivity contribution in [3.8, 4) is 89.4 Å². The van der Waals surface area contributed by atoms with E-state index in [1.807, 2.05) is 0 Å². The first-order valence-corrected chi connectivity index (χ1v) is 22.6. The van der Waals surface area contributed by atoms with Crippen LogP contribution in [0, 0.1) is 0 Å². The van der Waals surface area contributed by atoms with E-state index in [2.05, 4.69) is 219 Å². The molecule has 270 valence electrons. The van der Waals surface area contributed by atoms with E-state index in [-0.39, 0.29) is 0 Å². The van der Waals surface area contributed by atoms with Crippen molar-refractivity contribution in [1.29, 1.82) is 0 Å². The van der Waals surface area contributed by atoms with Gasteiger partial charge in [-0.05, 0) is 84.6 Å². The number of nitrogens with zero attached hydrogens (tertiary/aromatic N) is 2. The van der Waals surface area contributed by atoms with Crippen LogP contribution < -0.4 is 10.5 Å². The second-order valence-corrected chi connectivity index (χ2v) is 19.7. The van der Waals surface area contributed by atoms with Crippen LogP contribution in [-0.4, -0.2) is 18.0 Å². The fourth-order valence-electron chi connectivity index (χ4n) is 8.41. The molecule has 0 fully saturated rings. The van der Waals surface area contributed by atoms with Gasteiger partial charge in [-0.3, -0.25) is 0 Å². The Bertz CT molecular complexity index is 2900. The molecule has 8 aromatic carbocycles. The molecule has 0 N–H and O–H groups in total. The molecule has 1 aliphatic rings. The van der Waals surface area contributed by atoms with E-state index in [4.69, 9.17) is 9.97 Å². The van der Waals surface area contributed by atoms with Crippen LogP contribution in [-0.2, 0) is 0 Å². The number of fused-ring (bicyclic) bond motifs is 3. The lowest BCUT2D eigenvalue weighted by atomic mass is 9.95. The minimum absolute atomic E-state index is 0.770. The van der Waals surface area contributed by atoms with Gasteiger partial charge in [-0.2, -0.15) is 0 Å². The molecule has 0 saturated heterocycles. The minimum Gasteiger partial charge on any atom is -0.237 e. The summed E-state index contributed by atoms with van der Waals surface area (Å²) in [6.45, 7) is 4.85. The highest BCUT2D eigenvalue weighted by Gasteiger charge is 2.41. The maximum atomic E-state index is 5.46. The van der Waals surface area contributed by atoms with E-state index < -0.39 is 8.07 Å². The summed E-state index contributed by atoms with van der Waals surface area (Å²) in [5.41, 5.74) is 17.5. The molecule has 0 radical (unpaired) electrons. The van der Waals surface area contributed by atoms with Gasteiger partial charge in [0.15, 0.2) is 5.82 Å². The van der Waals surface area contributed by atoms with Crippen LogP contribution in [0.2, 0.25) is 13.1 Å². The lowest BCUT2D eigenvalue weighted by Crippen LogP contribution is -2.50. The molecule has 3 heteroatoms. The number of hydrogen-bond donors (Lipinski definition) is 0. The third-order valence-electron chi connectivity index (χ3n) is 11.5. The SMILES string of the molecule is C[Si]1(C)c2ccccc2-c2c(-c3ccc(-c4ccc(-c5ccccc5)cc4)cc3)nc(-c3cccc(-c4cccc(-c5cccc(-c6ccccc6)c5)c4)c3)nc21. The second-order valence-electron chi connectivity index (χ2n) is 15.4. The quantitative estimate of drug-likeness (QED) is 0.152. The third kappa shape index (κ3) is 6.42. The van der Waals surface area contributed by atoms with E-state index in [1.54, 1.807) is 0 Å². The maximum Gasteiger partial charge on any atom is 0.159 e. The van der Waals surface area contributed by atoms with Gasteiger partial charge in [-0.15, -0.1) is 0 Å². The molecule has 0 saturated carbocycles. The van der Waals surface area contributed by atoms with Crippen molar-refractivity contribution in [3.05, 3.63) is 206 Å². The Labute approximate surface area is 335 Å². The lowest BCUT2D eigenvalue weighted by molar-refractivity contribution is 1.21. The van der Waals surface area contributed by atoms with Crippen LogP contribution in [0.5, 0.6) is 0 Å². The molecule has 1 aromatic heterocycles. The molecule has 2 heterocycles. The molecule has 0 unspecified atom stereocenters. The van der Waals surface area contributed by atoms with Gasteiger partial charge in [0, 0.05) is 22.0 Å². The molecule has 0 amide bonds. The first-order chi connectivity index (χ1) is 28.0. The number of benzene rings is 8. The summed E-state index contributed by atoms with van der Waals surface area (Å²) in [4.78, 5) is 10.9. The van der Waals surface area contributed by atoms with Crippen molar-refractivity contribution in [2.45, 2.75) is 13.1 Å². The molecule has 1 aliphatic heterocycles. The van der Waals surface area contributed by atoms with E-state index >= 15 is 0 Å². The Kier molecular flexibility index (Phi) is 8.66. The summed E-state index contributed by atoms with van der Waals surface area (Å²) >= 11 is 0. The van der Waals surface area contributed by atoms with Crippen LogP contribution in [0.15, 0.2) is 206 Å². The molecule has 9 aromatic rings. The average Bonchev–Trinajstić information content (AvgIpc) is 3.52. The highest BCUT2D eigenvalue weighted by atomic mass is 28.3. The number of aromatic nitrogens is 2. The zero-order valence-corrected chi connectivity index (χ0v) is 33.0. The average molecular weight is 745 g/mol. The predicted molar refractivity (Wildman–Crippen MR) is 242 cm³/mol. The van der Waals surface area contributed by atoms with Gasteiger partial charge in [0.25, 0.3) is 0 Å². The summed E-state index contributed by atoms with van der Waals surface area (Å²) in [5.74, 6) is 0.770. The highest BCUT2D eigenvalue weighted by Crippen LogP contribution is 2.38. The summed E-state index contributed by atoms with van der Waals surface area (Å²) in [6.07, 6.45) is 0. The predicted octanol–water partition coefficient (Wildman–Crippen LogP) is 12.9. The Morgan fingerprint density at radius 1 is 0.316 bits per heavy atom. The van der Waals surface area contributed by atoms with Crippen LogP contribution >= 0.6 is 0 Å². The Balaban J connectivity index is 1.03. The minimum atomic E-state index is -2.11. The summed E-state index contributed by atoms with van der Waals surface area (Å²) in [6, 6.07) is 74.1. The molecule has 57 heavy (non-hydrogen) atoms. The van der Waals surface area contributed by atoms with Crippen molar-refractivity contribution in [2.24, 2.45) is 0 Å². The molecular formula is C54H40N2Si. The number of rotatable bonds is 7. The van der Waals surface area contributed by atoms with Crippen LogP contribution in [0.1, 0.15) is 0 Å². The molecule has 0 spiro atoms. The van der Waals surface area contributed by atoms with Gasteiger partial charge in [0.2, 0.25) is 0 Å². The fourth-order valence-corrected chi connectivity index (χ4v) is 11.3. The van der Waals surface area contributed by atoms with E-state index in [0.717, 1.165) is 33.8 Å². The summed E-state index contributed by atoms with van der Waals surface area (Å²) in [7, 11) is -2.11. The van der Waals surface area contributed by atoms with Crippen LogP contribution in [0.3, 0.4) is 0 Å². The van der Waals surface area contributed by atoms with Gasteiger partial charge >= 0.3 is 0 Å². The molecule has 0 atom stereocenters. The third-order valence-corrected chi connectivity index (χ3v) is 14.8.